The third-order valence-corrected chi connectivity index (χ3v) is 2.57. The number of rotatable bonds is 5. The molecule has 3 nitrogen and oxygen atoms in total. The molecule has 0 saturated carbocycles. The topological polar surface area (TPSA) is 24.5 Å². The molecular weight excluding hydrogens is 188 g/mol. The molecule has 0 aromatic carbocycles. The third-order valence-electron chi connectivity index (χ3n) is 2.57. The fourth-order valence-corrected chi connectivity index (χ4v) is 2.09. The van der Waals surface area contributed by atoms with Gasteiger partial charge < -0.3 is 10.1 Å². The van der Waals surface area contributed by atoms with E-state index in [0.717, 1.165) is 32.7 Å². The first-order valence-corrected chi connectivity index (χ1v) is 5.87. The van der Waals surface area contributed by atoms with Gasteiger partial charge in [0.1, 0.15) is 0 Å². The Labute approximate surface area is 93.5 Å². The Morgan fingerprint density at radius 2 is 2.00 bits per heavy atom. The lowest BCUT2D eigenvalue weighted by Crippen LogP contribution is -2.46. The lowest BCUT2D eigenvalue weighted by atomic mass is 10.2. The molecule has 1 fully saturated rings. The van der Waals surface area contributed by atoms with Crippen molar-refractivity contribution < 1.29 is 4.74 Å². The van der Waals surface area contributed by atoms with E-state index in [0.29, 0.717) is 12.2 Å². The van der Waals surface area contributed by atoms with Crippen molar-refractivity contribution in [2.75, 3.05) is 32.7 Å². The molecule has 0 aromatic rings. The molecule has 1 aliphatic rings. The van der Waals surface area contributed by atoms with Crippen molar-refractivity contribution in [1.82, 2.24) is 10.2 Å². The van der Waals surface area contributed by atoms with Gasteiger partial charge in [-0.1, -0.05) is 13.5 Å². The summed E-state index contributed by atoms with van der Waals surface area (Å²) in [5.74, 6) is 0. The van der Waals surface area contributed by atoms with Gasteiger partial charge in [0.2, 0.25) is 0 Å². The van der Waals surface area contributed by atoms with Gasteiger partial charge in [-0.15, -0.1) is 0 Å². The minimum absolute atomic E-state index is 0.348. The molecule has 1 saturated heterocycles. The maximum Gasteiger partial charge on any atom is 0.0678 e. The predicted molar refractivity (Wildman–Crippen MR) is 64.1 cm³/mol. The fraction of sp³-hybridized carbons (Fsp3) is 0.833. The van der Waals surface area contributed by atoms with Crippen LogP contribution >= 0.6 is 0 Å². The lowest BCUT2D eigenvalue weighted by molar-refractivity contribution is -0.0653. The normalized spacial score (nSPS) is 27.9. The van der Waals surface area contributed by atoms with Gasteiger partial charge in [-0.2, -0.15) is 0 Å². The van der Waals surface area contributed by atoms with E-state index in [1.807, 2.05) is 0 Å². The summed E-state index contributed by atoms with van der Waals surface area (Å²) >= 11 is 0. The highest BCUT2D eigenvalue weighted by Crippen LogP contribution is 2.11. The van der Waals surface area contributed by atoms with Gasteiger partial charge in [0.25, 0.3) is 0 Å². The van der Waals surface area contributed by atoms with Gasteiger partial charge in [-0.3, -0.25) is 4.90 Å². The minimum atomic E-state index is 0.348. The number of likely N-dealkylation sites (N-methyl/N-ethyl adjacent to an activating group) is 1. The van der Waals surface area contributed by atoms with E-state index in [1.165, 1.54) is 5.57 Å². The quantitative estimate of drug-likeness (QED) is 0.694. The molecule has 0 radical (unpaired) electrons. The Balaban J connectivity index is 2.27. The first-order chi connectivity index (χ1) is 7.11. The number of morpholine rings is 1. The van der Waals surface area contributed by atoms with Crippen molar-refractivity contribution in [3.63, 3.8) is 0 Å². The average molecular weight is 212 g/mol. The molecule has 15 heavy (non-hydrogen) atoms. The zero-order chi connectivity index (χ0) is 11.3. The van der Waals surface area contributed by atoms with Crippen LogP contribution in [-0.2, 0) is 4.74 Å². The van der Waals surface area contributed by atoms with Crippen LogP contribution in [0, 0.1) is 0 Å². The Bertz CT molecular complexity index is 196. The Morgan fingerprint density at radius 1 is 1.40 bits per heavy atom. The summed E-state index contributed by atoms with van der Waals surface area (Å²) in [6.07, 6.45) is 0.696. The molecule has 1 rings (SSSR count). The Morgan fingerprint density at radius 3 is 2.53 bits per heavy atom. The number of hydrogen-bond acceptors (Lipinski definition) is 3. The lowest BCUT2D eigenvalue weighted by Gasteiger charge is -2.35. The molecule has 88 valence electrons. The minimum Gasteiger partial charge on any atom is -0.373 e. The van der Waals surface area contributed by atoms with Crippen LogP contribution in [0.1, 0.15) is 20.8 Å². The van der Waals surface area contributed by atoms with Gasteiger partial charge >= 0.3 is 0 Å². The van der Waals surface area contributed by atoms with Crippen molar-refractivity contribution in [2.24, 2.45) is 0 Å². The summed E-state index contributed by atoms with van der Waals surface area (Å²) < 4.78 is 5.69. The third kappa shape index (κ3) is 4.78. The van der Waals surface area contributed by atoms with E-state index in [2.05, 4.69) is 37.6 Å². The monoisotopic (exact) mass is 212 g/mol. The Hall–Kier alpha value is -0.380. The number of nitrogens with zero attached hydrogens (tertiary/aromatic N) is 1. The molecule has 0 aromatic heterocycles. The second-order valence-corrected chi connectivity index (χ2v) is 4.48. The number of hydrogen-bond donors (Lipinski definition) is 1. The molecule has 0 spiro atoms. The number of ether oxygens (including phenoxy) is 1. The van der Waals surface area contributed by atoms with E-state index in [4.69, 9.17) is 4.74 Å². The second kappa shape index (κ2) is 6.26. The SMILES string of the molecule is C=C(CNCC)CN1CC(C)OC(C)C1. The van der Waals surface area contributed by atoms with E-state index in [9.17, 15) is 0 Å². The molecule has 3 heteroatoms. The summed E-state index contributed by atoms with van der Waals surface area (Å²) in [4.78, 5) is 2.43. The van der Waals surface area contributed by atoms with Gasteiger partial charge in [0, 0.05) is 26.2 Å². The largest absolute Gasteiger partial charge is 0.373 e. The summed E-state index contributed by atoms with van der Waals surface area (Å²) in [6.45, 7) is 15.5. The molecule has 1 N–H and O–H groups in total. The standard InChI is InChI=1S/C12H24N2O/c1-5-13-6-10(2)7-14-8-11(3)15-12(4)9-14/h11-13H,2,5-9H2,1,3-4H3. The van der Waals surface area contributed by atoms with E-state index < -0.39 is 0 Å². The van der Waals surface area contributed by atoms with Crippen molar-refractivity contribution in [1.29, 1.82) is 0 Å². The average Bonchev–Trinajstić information content (AvgIpc) is 2.13. The van der Waals surface area contributed by atoms with Crippen LogP contribution in [0.3, 0.4) is 0 Å². The van der Waals surface area contributed by atoms with Crippen LogP contribution in [0.4, 0.5) is 0 Å². The summed E-state index contributed by atoms with van der Waals surface area (Å²) in [5.41, 5.74) is 1.26. The highest BCUT2D eigenvalue weighted by Gasteiger charge is 2.21. The van der Waals surface area contributed by atoms with E-state index in [1.54, 1.807) is 0 Å². The van der Waals surface area contributed by atoms with E-state index in [-0.39, 0.29) is 0 Å². The molecular formula is C12H24N2O. The van der Waals surface area contributed by atoms with Gasteiger partial charge in [-0.25, -0.2) is 0 Å². The maximum absolute atomic E-state index is 5.69. The zero-order valence-electron chi connectivity index (χ0n) is 10.3. The highest BCUT2D eigenvalue weighted by atomic mass is 16.5. The molecule has 1 heterocycles. The summed E-state index contributed by atoms with van der Waals surface area (Å²) in [7, 11) is 0. The van der Waals surface area contributed by atoms with Crippen LogP contribution in [0.2, 0.25) is 0 Å². The predicted octanol–water partition coefficient (Wildman–Crippen LogP) is 1.26. The van der Waals surface area contributed by atoms with Crippen molar-refractivity contribution >= 4 is 0 Å². The summed E-state index contributed by atoms with van der Waals surface area (Å²) in [5, 5.41) is 3.30. The van der Waals surface area contributed by atoms with Crippen LogP contribution in [0.15, 0.2) is 12.2 Å². The van der Waals surface area contributed by atoms with Crippen molar-refractivity contribution in [3.8, 4) is 0 Å². The molecule has 0 bridgehead atoms. The molecule has 2 atom stereocenters. The Kier molecular flexibility index (Phi) is 5.29. The number of nitrogens with one attached hydrogen (secondary N) is 1. The molecule has 2 unspecified atom stereocenters. The highest BCUT2D eigenvalue weighted by molar-refractivity contribution is 5.00. The fourth-order valence-electron chi connectivity index (χ4n) is 2.09. The van der Waals surface area contributed by atoms with Crippen LogP contribution in [0.25, 0.3) is 0 Å². The molecule has 1 aliphatic heterocycles. The zero-order valence-corrected chi connectivity index (χ0v) is 10.3. The molecule has 0 aliphatic carbocycles. The van der Waals surface area contributed by atoms with Crippen LogP contribution < -0.4 is 5.32 Å². The van der Waals surface area contributed by atoms with Gasteiger partial charge in [-0.05, 0) is 26.0 Å². The second-order valence-electron chi connectivity index (χ2n) is 4.48. The smallest absolute Gasteiger partial charge is 0.0678 e. The van der Waals surface area contributed by atoms with Crippen LogP contribution in [0.5, 0.6) is 0 Å². The molecule has 0 amide bonds. The van der Waals surface area contributed by atoms with Crippen molar-refractivity contribution in [2.45, 2.75) is 33.0 Å². The summed E-state index contributed by atoms with van der Waals surface area (Å²) in [6, 6.07) is 0. The van der Waals surface area contributed by atoms with Crippen LogP contribution in [-0.4, -0.2) is 49.8 Å². The van der Waals surface area contributed by atoms with E-state index >= 15 is 0 Å². The van der Waals surface area contributed by atoms with Gasteiger partial charge in [0.15, 0.2) is 0 Å². The first kappa shape index (κ1) is 12.7. The first-order valence-electron chi connectivity index (χ1n) is 5.87. The van der Waals surface area contributed by atoms with Gasteiger partial charge in [0.05, 0.1) is 12.2 Å². The maximum atomic E-state index is 5.69. The van der Waals surface area contributed by atoms with Crippen molar-refractivity contribution in [3.05, 3.63) is 12.2 Å².